The van der Waals surface area contributed by atoms with Crippen LogP contribution in [-0.2, 0) is 4.84 Å². The van der Waals surface area contributed by atoms with Gasteiger partial charge >= 0.3 is 6.09 Å². The molecule has 0 saturated heterocycles. The van der Waals surface area contributed by atoms with Gasteiger partial charge in [-0.3, -0.25) is 14.4 Å². The van der Waals surface area contributed by atoms with Crippen LogP contribution in [0.5, 0.6) is 0 Å². The first-order valence-corrected chi connectivity index (χ1v) is 6.70. The second-order valence-electron chi connectivity index (χ2n) is 5.14. The molecule has 1 aliphatic heterocycles. The van der Waals surface area contributed by atoms with Crippen LogP contribution in [0.2, 0.25) is 0 Å². The summed E-state index contributed by atoms with van der Waals surface area (Å²) in [6.07, 6.45) is 0.239. The molecule has 21 heavy (non-hydrogen) atoms. The smallest absolute Gasteiger partial charge is 0.404 e. The lowest BCUT2D eigenvalue weighted by Gasteiger charge is -2.18. The van der Waals surface area contributed by atoms with E-state index in [4.69, 9.17) is 9.94 Å². The molecule has 1 fully saturated rings. The second-order valence-corrected chi connectivity index (χ2v) is 5.14. The first kappa shape index (κ1) is 13.6. The van der Waals surface area contributed by atoms with Gasteiger partial charge in [-0.2, -0.15) is 0 Å². The standard InChI is InChI=1S/C14H14N2O5/c17-12-10-3-1-2-4-11(10)13(18)16(12)21-9-6-5-8(7-9)15-14(19)20/h1-4,8-9,15H,5-7H2,(H,19,20)/t8-,9+/m0/s1. The molecule has 110 valence electrons. The molecule has 1 aromatic carbocycles. The zero-order valence-corrected chi connectivity index (χ0v) is 11.1. The number of nitrogens with one attached hydrogen (secondary N) is 1. The van der Waals surface area contributed by atoms with Crippen LogP contribution >= 0.6 is 0 Å². The number of imide groups is 1. The average molecular weight is 290 g/mol. The number of amides is 3. The van der Waals surface area contributed by atoms with Crippen LogP contribution in [0, 0.1) is 0 Å². The van der Waals surface area contributed by atoms with E-state index in [1.165, 1.54) is 0 Å². The molecular formula is C14H14N2O5. The Morgan fingerprint density at radius 1 is 1.19 bits per heavy atom. The number of nitrogens with zero attached hydrogens (tertiary/aromatic N) is 1. The van der Waals surface area contributed by atoms with Gasteiger partial charge < -0.3 is 10.4 Å². The molecule has 0 spiro atoms. The molecule has 3 amide bonds. The number of carbonyl (C=O) groups is 3. The monoisotopic (exact) mass is 290 g/mol. The molecule has 3 rings (SSSR count). The Hall–Kier alpha value is -2.41. The zero-order chi connectivity index (χ0) is 15.0. The summed E-state index contributed by atoms with van der Waals surface area (Å²) in [7, 11) is 0. The lowest BCUT2D eigenvalue weighted by Crippen LogP contribution is -2.35. The topological polar surface area (TPSA) is 95.9 Å². The third-order valence-electron chi connectivity index (χ3n) is 3.72. The fraction of sp³-hybridized carbons (Fsp3) is 0.357. The van der Waals surface area contributed by atoms with Crippen molar-refractivity contribution in [3.8, 4) is 0 Å². The van der Waals surface area contributed by atoms with Gasteiger partial charge in [-0.15, -0.1) is 5.06 Å². The summed E-state index contributed by atoms with van der Waals surface area (Å²) < 4.78 is 0. The zero-order valence-electron chi connectivity index (χ0n) is 11.1. The molecule has 0 bridgehead atoms. The molecule has 0 unspecified atom stereocenters. The van der Waals surface area contributed by atoms with Crippen LogP contribution in [0.3, 0.4) is 0 Å². The Balaban J connectivity index is 1.66. The van der Waals surface area contributed by atoms with Gasteiger partial charge in [-0.25, -0.2) is 4.79 Å². The molecule has 2 N–H and O–H groups in total. The highest BCUT2D eigenvalue weighted by Crippen LogP contribution is 2.28. The number of hydrogen-bond donors (Lipinski definition) is 2. The average Bonchev–Trinajstić information content (AvgIpc) is 2.98. The molecule has 7 nitrogen and oxygen atoms in total. The van der Waals surface area contributed by atoms with Crippen molar-refractivity contribution in [2.75, 3.05) is 0 Å². The lowest BCUT2D eigenvalue weighted by molar-refractivity contribution is -0.129. The minimum absolute atomic E-state index is 0.206. The Labute approximate surface area is 120 Å². The third kappa shape index (κ3) is 2.47. The highest BCUT2D eigenvalue weighted by Gasteiger charge is 2.39. The van der Waals surface area contributed by atoms with Gasteiger partial charge in [0, 0.05) is 6.04 Å². The van der Waals surface area contributed by atoms with Gasteiger partial charge in [0.1, 0.15) is 0 Å². The second kappa shape index (κ2) is 5.17. The number of rotatable bonds is 3. The van der Waals surface area contributed by atoms with E-state index >= 15 is 0 Å². The fourth-order valence-corrected chi connectivity index (χ4v) is 2.75. The van der Waals surface area contributed by atoms with Crippen LogP contribution in [0.25, 0.3) is 0 Å². The highest BCUT2D eigenvalue weighted by atomic mass is 16.7. The molecule has 1 aromatic rings. The minimum Gasteiger partial charge on any atom is -0.465 e. The summed E-state index contributed by atoms with van der Waals surface area (Å²) in [5.74, 6) is -0.935. The maximum absolute atomic E-state index is 12.1. The van der Waals surface area contributed by atoms with Gasteiger partial charge in [0.25, 0.3) is 11.8 Å². The van der Waals surface area contributed by atoms with E-state index in [0.717, 1.165) is 5.06 Å². The van der Waals surface area contributed by atoms with Gasteiger partial charge in [-0.05, 0) is 31.4 Å². The Morgan fingerprint density at radius 3 is 2.38 bits per heavy atom. The van der Waals surface area contributed by atoms with E-state index in [9.17, 15) is 14.4 Å². The van der Waals surface area contributed by atoms with Crippen molar-refractivity contribution in [2.45, 2.75) is 31.4 Å². The number of fused-ring (bicyclic) bond motifs is 1. The van der Waals surface area contributed by atoms with Crippen molar-refractivity contribution >= 4 is 17.9 Å². The first-order valence-electron chi connectivity index (χ1n) is 6.70. The molecule has 0 aromatic heterocycles. The summed E-state index contributed by atoms with van der Waals surface area (Å²) in [6, 6.07) is 6.35. The van der Waals surface area contributed by atoms with Gasteiger partial charge in [0.05, 0.1) is 17.2 Å². The number of hydroxylamine groups is 2. The van der Waals surface area contributed by atoms with E-state index in [1.807, 2.05) is 0 Å². The van der Waals surface area contributed by atoms with Gasteiger partial charge in [0.15, 0.2) is 0 Å². The van der Waals surface area contributed by atoms with Crippen LogP contribution in [0.15, 0.2) is 24.3 Å². The molecule has 0 radical (unpaired) electrons. The third-order valence-corrected chi connectivity index (χ3v) is 3.72. The van der Waals surface area contributed by atoms with E-state index < -0.39 is 17.9 Å². The maximum atomic E-state index is 12.1. The first-order chi connectivity index (χ1) is 10.1. The van der Waals surface area contributed by atoms with Crippen LogP contribution in [-0.4, -0.2) is 40.2 Å². The SMILES string of the molecule is O=C(O)N[C@H]1CC[C@@H](ON2C(=O)c3ccccc3C2=O)C1. The quantitative estimate of drug-likeness (QED) is 0.820. The van der Waals surface area contributed by atoms with Gasteiger partial charge in [0.2, 0.25) is 0 Å². The lowest BCUT2D eigenvalue weighted by atomic mass is 10.1. The summed E-state index contributed by atoms with van der Waals surface area (Å²) in [5, 5.41) is 11.9. The van der Waals surface area contributed by atoms with Crippen molar-refractivity contribution in [2.24, 2.45) is 0 Å². The predicted octanol–water partition coefficient (Wildman–Crippen LogP) is 1.40. The normalized spacial score (nSPS) is 24.3. The highest BCUT2D eigenvalue weighted by molar-refractivity contribution is 6.20. The summed E-state index contributed by atoms with van der Waals surface area (Å²) in [5.41, 5.74) is 0.668. The van der Waals surface area contributed by atoms with E-state index in [2.05, 4.69) is 5.32 Å². The Bertz CT molecular complexity index is 580. The molecule has 1 heterocycles. The molecule has 1 saturated carbocycles. The van der Waals surface area contributed by atoms with Gasteiger partial charge in [-0.1, -0.05) is 12.1 Å². The maximum Gasteiger partial charge on any atom is 0.404 e. The molecule has 7 heteroatoms. The van der Waals surface area contributed by atoms with Crippen molar-refractivity contribution in [1.82, 2.24) is 10.4 Å². The number of benzene rings is 1. The number of carbonyl (C=O) groups excluding carboxylic acids is 2. The summed E-state index contributed by atoms with van der Waals surface area (Å²) in [6.45, 7) is 0. The summed E-state index contributed by atoms with van der Waals surface area (Å²) in [4.78, 5) is 40.3. The van der Waals surface area contributed by atoms with Crippen molar-refractivity contribution < 1.29 is 24.3 Å². The minimum atomic E-state index is -1.08. The summed E-state index contributed by atoms with van der Waals surface area (Å²) >= 11 is 0. The van der Waals surface area contributed by atoms with Crippen molar-refractivity contribution in [3.63, 3.8) is 0 Å². The van der Waals surface area contributed by atoms with E-state index in [1.54, 1.807) is 24.3 Å². The van der Waals surface area contributed by atoms with Crippen molar-refractivity contribution in [1.29, 1.82) is 0 Å². The predicted molar refractivity (Wildman–Crippen MR) is 70.6 cm³/mol. The van der Waals surface area contributed by atoms with E-state index in [0.29, 0.717) is 30.4 Å². The molecular weight excluding hydrogens is 276 g/mol. The van der Waals surface area contributed by atoms with Crippen molar-refractivity contribution in [3.05, 3.63) is 35.4 Å². The Morgan fingerprint density at radius 2 is 1.81 bits per heavy atom. The molecule has 2 atom stereocenters. The fourth-order valence-electron chi connectivity index (χ4n) is 2.75. The largest absolute Gasteiger partial charge is 0.465 e. The number of carboxylic acid groups (broad SMARTS) is 1. The van der Waals surface area contributed by atoms with Crippen LogP contribution in [0.4, 0.5) is 4.79 Å². The molecule has 1 aliphatic carbocycles. The molecule has 2 aliphatic rings. The Kier molecular flexibility index (Phi) is 3.34. The van der Waals surface area contributed by atoms with Crippen LogP contribution < -0.4 is 5.32 Å². The number of hydrogen-bond acceptors (Lipinski definition) is 4. The van der Waals surface area contributed by atoms with E-state index in [-0.39, 0.29) is 12.1 Å². The van der Waals surface area contributed by atoms with Crippen LogP contribution in [0.1, 0.15) is 40.0 Å².